The molecule has 4 aliphatic rings. The first-order valence-corrected chi connectivity index (χ1v) is 13.2. The number of sulfone groups is 1. The molecule has 9 nitrogen and oxygen atoms in total. The molecule has 5 rings (SSSR count). The second-order valence-corrected chi connectivity index (χ2v) is 12.3. The molecule has 1 amide bonds. The highest BCUT2D eigenvalue weighted by molar-refractivity contribution is 7.90. The van der Waals surface area contributed by atoms with Gasteiger partial charge in [-0.3, -0.25) is 4.79 Å². The number of amidine groups is 1. The molecule has 160 valence electrons. The zero-order valence-electron chi connectivity index (χ0n) is 16.1. The predicted octanol–water partition coefficient (Wildman–Crippen LogP) is 1.10. The van der Waals surface area contributed by atoms with E-state index in [2.05, 4.69) is 15.0 Å². The predicted molar refractivity (Wildman–Crippen MR) is 109 cm³/mol. The van der Waals surface area contributed by atoms with E-state index in [1.165, 1.54) is 18.2 Å². The van der Waals surface area contributed by atoms with Gasteiger partial charge in [-0.25, -0.2) is 8.42 Å². The van der Waals surface area contributed by atoms with Crippen LogP contribution in [0.3, 0.4) is 0 Å². The summed E-state index contributed by atoms with van der Waals surface area (Å²) in [4.78, 5) is 12.6. The summed E-state index contributed by atoms with van der Waals surface area (Å²) in [6, 6.07) is 4.10. The van der Waals surface area contributed by atoms with Gasteiger partial charge in [0.15, 0.2) is 15.7 Å². The highest BCUT2D eigenvalue weighted by Gasteiger charge is 2.54. The van der Waals surface area contributed by atoms with Crippen molar-refractivity contribution in [3.63, 3.8) is 0 Å². The Morgan fingerprint density at radius 3 is 2.70 bits per heavy atom. The van der Waals surface area contributed by atoms with Crippen molar-refractivity contribution in [3.05, 3.63) is 35.1 Å². The average molecular weight is 452 g/mol. The summed E-state index contributed by atoms with van der Waals surface area (Å²) in [5.74, 6) is -0.771. The highest BCUT2D eigenvalue weighted by Crippen LogP contribution is 2.52. The van der Waals surface area contributed by atoms with Crippen LogP contribution in [0.15, 0.2) is 38.8 Å². The summed E-state index contributed by atoms with van der Waals surface area (Å²) in [7, 11) is -7.53. The molecule has 0 saturated heterocycles. The molecule has 2 bridgehead atoms. The minimum Gasteiger partial charge on any atom is -0.511 e. The van der Waals surface area contributed by atoms with E-state index in [4.69, 9.17) is 0 Å². The van der Waals surface area contributed by atoms with Gasteiger partial charge >= 0.3 is 0 Å². The fraction of sp³-hybridized carbons (Fsp3) is 0.474. The van der Waals surface area contributed by atoms with Crippen LogP contribution in [0.4, 0.5) is 5.69 Å². The SMILES string of the molecule is CS(=O)(=O)Cc1ccc2c(c1)S(=O)(=O)N=C(C1=C(O)C3C(NC1=O)[C@H]1CC[C@@H]3C1)N2. The van der Waals surface area contributed by atoms with Crippen LogP contribution >= 0.6 is 0 Å². The second-order valence-electron chi connectivity index (χ2n) is 8.56. The number of sulfonamides is 1. The van der Waals surface area contributed by atoms with Crippen molar-refractivity contribution < 1.29 is 26.7 Å². The lowest BCUT2D eigenvalue weighted by Gasteiger charge is -2.36. The van der Waals surface area contributed by atoms with E-state index < -0.39 is 25.8 Å². The van der Waals surface area contributed by atoms with E-state index in [1.54, 1.807) is 0 Å². The van der Waals surface area contributed by atoms with Crippen molar-refractivity contribution in [1.29, 1.82) is 0 Å². The van der Waals surface area contributed by atoms with Gasteiger partial charge in [-0.2, -0.15) is 8.42 Å². The molecular weight excluding hydrogens is 430 g/mol. The van der Waals surface area contributed by atoms with E-state index in [0.29, 0.717) is 11.5 Å². The molecule has 2 heterocycles. The second kappa shape index (κ2) is 6.30. The van der Waals surface area contributed by atoms with Gasteiger partial charge in [0.05, 0.1) is 11.4 Å². The molecule has 11 heteroatoms. The summed E-state index contributed by atoms with van der Waals surface area (Å²) >= 11 is 0. The lowest BCUT2D eigenvalue weighted by Crippen LogP contribution is -2.51. The standard InChI is InChI=1S/C19H21N3O6S2/c1-29(25,26)8-9-2-5-12-13(6-9)30(27,28)22-18(20-12)15-17(23)14-10-3-4-11(7-10)16(14)21-19(15)24/h2,5-6,10-11,14,16,23H,3-4,7-8H2,1H3,(H,20,22)(H,21,24)/t10-,11+,14?,16?/m1/s1. The van der Waals surface area contributed by atoms with Crippen molar-refractivity contribution in [2.24, 2.45) is 22.2 Å². The number of hydrogen-bond donors (Lipinski definition) is 3. The Bertz CT molecular complexity index is 1250. The smallest absolute Gasteiger partial charge is 0.286 e. The monoisotopic (exact) mass is 451 g/mol. The molecule has 0 aromatic heterocycles. The molecule has 4 atom stereocenters. The molecule has 0 spiro atoms. The number of anilines is 1. The summed E-state index contributed by atoms with van der Waals surface area (Å²) < 4.78 is 52.4. The van der Waals surface area contributed by atoms with Crippen molar-refractivity contribution in [1.82, 2.24) is 5.32 Å². The van der Waals surface area contributed by atoms with E-state index in [0.717, 1.165) is 25.5 Å². The number of nitrogens with zero attached hydrogens (tertiary/aromatic N) is 1. The number of amides is 1. The number of nitrogens with one attached hydrogen (secondary N) is 2. The van der Waals surface area contributed by atoms with Gasteiger partial charge in [-0.05, 0) is 48.8 Å². The largest absolute Gasteiger partial charge is 0.511 e. The molecule has 1 aromatic carbocycles. The fourth-order valence-electron chi connectivity index (χ4n) is 5.33. The summed E-state index contributed by atoms with van der Waals surface area (Å²) in [5, 5.41) is 16.7. The van der Waals surface area contributed by atoms with E-state index >= 15 is 0 Å². The zero-order chi connectivity index (χ0) is 21.4. The Labute approximate surface area is 174 Å². The van der Waals surface area contributed by atoms with E-state index in [1.807, 2.05) is 0 Å². The summed E-state index contributed by atoms with van der Waals surface area (Å²) in [5.41, 5.74) is 0.362. The fourth-order valence-corrected chi connectivity index (χ4v) is 7.29. The molecular formula is C19H21N3O6S2. The van der Waals surface area contributed by atoms with Crippen molar-refractivity contribution in [2.45, 2.75) is 36.0 Å². The van der Waals surface area contributed by atoms with Crippen LogP contribution in [-0.4, -0.2) is 46.0 Å². The summed E-state index contributed by atoms with van der Waals surface area (Å²) in [6.07, 6.45) is 4.00. The van der Waals surface area contributed by atoms with Crippen LogP contribution in [0, 0.1) is 17.8 Å². The maximum atomic E-state index is 12.8. The molecule has 2 saturated carbocycles. The van der Waals surface area contributed by atoms with Crippen molar-refractivity contribution >= 4 is 37.3 Å². The first-order valence-electron chi connectivity index (χ1n) is 9.70. The average Bonchev–Trinajstić information content (AvgIpc) is 3.22. The van der Waals surface area contributed by atoms with Crippen LogP contribution in [0.1, 0.15) is 24.8 Å². The van der Waals surface area contributed by atoms with Gasteiger partial charge in [0.2, 0.25) is 0 Å². The number of carbonyl (C=O) groups excluding carboxylic acids is 1. The Morgan fingerprint density at radius 1 is 1.23 bits per heavy atom. The molecule has 2 aliphatic carbocycles. The number of aliphatic hydroxyl groups excluding tert-OH is 1. The van der Waals surface area contributed by atoms with Crippen molar-refractivity contribution in [2.75, 3.05) is 11.6 Å². The third kappa shape index (κ3) is 3.02. The Kier molecular flexibility index (Phi) is 4.11. The van der Waals surface area contributed by atoms with Crippen LogP contribution in [-0.2, 0) is 30.4 Å². The molecule has 2 aliphatic heterocycles. The Balaban J connectivity index is 1.55. The van der Waals surface area contributed by atoms with Gasteiger partial charge in [-0.15, -0.1) is 4.40 Å². The number of benzene rings is 1. The van der Waals surface area contributed by atoms with Gasteiger partial charge in [0.1, 0.15) is 16.2 Å². The number of aliphatic hydroxyl groups is 1. The number of rotatable bonds is 3. The first-order chi connectivity index (χ1) is 14.0. The molecule has 3 N–H and O–H groups in total. The quantitative estimate of drug-likeness (QED) is 0.625. The topological polar surface area (TPSA) is 142 Å². The van der Waals surface area contributed by atoms with Gasteiger partial charge in [0, 0.05) is 18.2 Å². The minimum atomic E-state index is -4.19. The van der Waals surface area contributed by atoms with E-state index in [-0.39, 0.29) is 51.4 Å². The van der Waals surface area contributed by atoms with Gasteiger partial charge < -0.3 is 15.7 Å². The summed E-state index contributed by atoms with van der Waals surface area (Å²) in [6.45, 7) is 0. The Morgan fingerprint density at radius 2 is 1.97 bits per heavy atom. The maximum Gasteiger partial charge on any atom is 0.286 e. The number of fused-ring (bicyclic) bond motifs is 6. The minimum absolute atomic E-state index is 0.102. The molecule has 2 fully saturated rings. The van der Waals surface area contributed by atoms with E-state index in [9.17, 15) is 26.7 Å². The van der Waals surface area contributed by atoms with Crippen LogP contribution in [0.5, 0.6) is 0 Å². The first kappa shape index (κ1) is 19.6. The third-order valence-electron chi connectivity index (χ3n) is 6.47. The van der Waals surface area contributed by atoms with Gasteiger partial charge in [-0.1, -0.05) is 6.07 Å². The number of hydrogen-bond acceptors (Lipinski definition) is 7. The van der Waals surface area contributed by atoms with Crippen molar-refractivity contribution in [3.8, 4) is 0 Å². The lowest BCUT2D eigenvalue weighted by atomic mass is 9.79. The third-order valence-corrected chi connectivity index (χ3v) is 8.64. The molecule has 2 unspecified atom stereocenters. The van der Waals surface area contributed by atoms with Crippen LogP contribution < -0.4 is 10.6 Å². The highest BCUT2D eigenvalue weighted by atomic mass is 32.2. The van der Waals surface area contributed by atoms with Gasteiger partial charge in [0.25, 0.3) is 15.9 Å². The zero-order valence-corrected chi connectivity index (χ0v) is 17.8. The molecule has 30 heavy (non-hydrogen) atoms. The lowest BCUT2D eigenvalue weighted by molar-refractivity contribution is -0.119. The number of carbonyl (C=O) groups is 1. The van der Waals surface area contributed by atoms with Crippen LogP contribution in [0.2, 0.25) is 0 Å². The Hall–Kier alpha value is -2.40. The van der Waals surface area contributed by atoms with Crippen LogP contribution in [0.25, 0.3) is 0 Å². The maximum absolute atomic E-state index is 12.8. The molecule has 1 aromatic rings. The normalized spacial score (nSPS) is 31.5. The molecule has 0 radical (unpaired) electrons.